The molecule has 0 aromatic carbocycles. The first-order chi connectivity index (χ1) is 5.95. The first-order valence-corrected chi connectivity index (χ1v) is 3.41. The molecule has 1 rings (SSSR count). The van der Waals surface area contributed by atoms with Crippen LogP contribution in [0.25, 0.3) is 6.08 Å². The molecule has 0 spiro atoms. The summed E-state index contributed by atoms with van der Waals surface area (Å²) in [5.74, 6) is 0.0444. The molecule has 0 saturated heterocycles. The molecule has 2 N–H and O–H groups in total. The van der Waals surface area contributed by atoms with Crippen LogP contribution in [0.2, 0.25) is 0 Å². The van der Waals surface area contributed by atoms with Crippen molar-refractivity contribution in [2.45, 2.75) is 6.18 Å². The van der Waals surface area contributed by atoms with Gasteiger partial charge in [-0.25, -0.2) is 4.98 Å². The Morgan fingerprint density at radius 2 is 2.00 bits per heavy atom. The maximum absolute atomic E-state index is 12.2. The van der Waals surface area contributed by atoms with E-state index in [4.69, 9.17) is 5.73 Å². The van der Waals surface area contributed by atoms with Crippen molar-refractivity contribution >= 4 is 11.9 Å². The maximum atomic E-state index is 12.2. The number of pyridine rings is 1. The number of nitrogen functional groups attached to an aromatic ring is 1. The number of aromatic nitrogens is 1. The van der Waals surface area contributed by atoms with Gasteiger partial charge in [-0.2, -0.15) is 13.2 Å². The zero-order valence-electron chi connectivity index (χ0n) is 6.60. The van der Waals surface area contributed by atoms with E-state index in [1.165, 1.54) is 0 Å². The van der Waals surface area contributed by atoms with Crippen molar-refractivity contribution in [2.24, 2.45) is 0 Å². The Hall–Kier alpha value is -1.52. The number of rotatable bonds is 1. The van der Waals surface area contributed by atoms with Gasteiger partial charge in [-0.15, -0.1) is 0 Å². The van der Waals surface area contributed by atoms with Gasteiger partial charge in [0.2, 0.25) is 0 Å². The summed E-state index contributed by atoms with van der Waals surface area (Å²) in [6, 6.07) is 2.00. The monoisotopic (exact) mass is 188 g/mol. The molecule has 70 valence electrons. The normalized spacial score (nSPS) is 11.3. The van der Waals surface area contributed by atoms with E-state index in [1.807, 2.05) is 0 Å². The molecule has 13 heavy (non-hydrogen) atoms. The van der Waals surface area contributed by atoms with E-state index < -0.39 is 11.7 Å². The average molecular weight is 188 g/mol. The highest BCUT2D eigenvalue weighted by atomic mass is 19.4. The summed E-state index contributed by atoms with van der Waals surface area (Å²) >= 11 is 0. The van der Waals surface area contributed by atoms with Crippen LogP contribution in [0.1, 0.15) is 11.3 Å². The zero-order valence-corrected chi connectivity index (χ0v) is 6.60. The van der Waals surface area contributed by atoms with Gasteiger partial charge < -0.3 is 5.73 Å². The van der Waals surface area contributed by atoms with Crippen molar-refractivity contribution in [3.05, 3.63) is 30.0 Å². The van der Waals surface area contributed by atoms with Crippen LogP contribution in [-0.2, 0) is 6.18 Å². The van der Waals surface area contributed by atoms with Crippen LogP contribution in [0.15, 0.2) is 18.7 Å². The van der Waals surface area contributed by atoms with Gasteiger partial charge in [0.25, 0.3) is 0 Å². The second-order valence-electron chi connectivity index (χ2n) is 2.37. The van der Waals surface area contributed by atoms with Gasteiger partial charge in [0.15, 0.2) is 0 Å². The second-order valence-corrected chi connectivity index (χ2v) is 2.37. The summed E-state index contributed by atoms with van der Waals surface area (Å²) in [7, 11) is 0. The fourth-order valence-electron chi connectivity index (χ4n) is 0.886. The quantitative estimate of drug-likeness (QED) is 0.734. The summed E-state index contributed by atoms with van der Waals surface area (Å²) < 4.78 is 36.7. The molecular formula is C8H7F3N2. The van der Waals surface area contributed by atoms with Crippen molar-refractivity contribution in [2.75, 3.05) is 5.73 Å². The molecule has 0 amide bonds. The Morgan fingerprint density at radius 1 is 1.38 bits per heavy atom. The fraction of sp³-hybridized carbons (Fsp3) is 0.125. The Labute approximate surface area is 72.9 Å². The van der Waals surface area contributed by atoms with E-state index in [0.29, 0.717) is 0 Å². The lowest BCUT2D eigenvalue weighted by Gasteiger charge is -2.09. The van der Waals surface area contributed by atoms with Crippen LogP contribution in [0.4, 0.5) is 19.0 Å². The van der Waals surface area contributed by atoms with Crippen LogP contribution >= 0.6 is 0 Å². The maximum Gasteiger partial charge on any atom is 0.418 e. The predicted molar refractivity (Wildman–Crippen MR) is 43.7 cm³/mol. The zero-order chi connectivity index (χ0) is 10.1. The summed E-state index contributed by atoms with van der Waals surface area (Å²) in [6.07, 6.45) is -3.39. The Morgan fingerprint density at radius 3 is 2.46 bits per heavy atom. The predicted octanol–water partition coefficient (Wildman–Crippen LogP) is 2.33. The Kier molecular flexibility index (Phi) is 2.27. The molecule has 0 atom stereocenters. The molecular weight excluding hydrogens is 181 g/mol. The molecule has 2 nitrogen and oxygen atoms in total. The minimum absolute atomic E-state index is 0.0444. The molecule has 0 aliphatic heterocycles. The number of hydrogen-bond acceptors (Lipinski definition) is 2. The van der Waals surface area contributed by atoms with Crippen LogP contribution in [-0.4, -0.2) is 4.98 Å². The molecule has 1 heterocycles. The summed E-state index contributed by atoms with van der Waals surface area (Å²) in [4.78, 5) is 3.50. The van der Waals surface area contributed by atoms with Crippen molar-refractivity contribution in [1.82, 2.24) is 4.98 Å². The molecule has 0 aliphatic carbocycles. The van der Waals surface area contributed by atoms with E-state index in [0.717, 1.165) is 18.2 Å². The SMILES string of the molecule is C=Cc1nc(N)ccc1C(F)(F)F. The van der Waals surface area contributed by atoms with E-state index in [1.54, 1.807) is 0 Å². The number of halogens is 3. The van der Waals surface area contributed by atoms with Gasteiger partial charge in [-0.05, 0) is 18.2 Å². The topological polar surface area (TPSA) is 38.9 Å². The molecule has 0 unspecified atom stereocenters. The van der Waals surface area contributed by atoms with Crippen molar-refractivity contribution in [1.29, 1.82) is 0 Å². The van der Waals surface area contributed by atoms with Gasteiger partial charge in [0, 0.05) is 0 Å². The number of nitrogens with two attached hydrogens (primary N) is 1. The molecule has 1 aromatic rings. The number of alkyl halides is 3. The molecule has 0 saturated carbocycles. The first kappa shape index (κ1) is 9.57. The Balaban J connectivity index is 3.29. The van der Waals surface area contributed by atoms with E-state index >= 15 is 0 Å². The summed E-state index contributed by atoms with van der Waals surface area (Å²) in [6.45, 7) is 3.23. The van der Waals surface area contributed by atoms with E-state index in [9.17, 15) is 13.2 Å². The van der Waals surface area contributed by atoms with E-state index in [-0.39, 0.29) is 11.5 Å². The van der Waals surface area contributed by atoms with Gasteiger partial charge in [0.1, 0.15) is 5.82 Å². The lowest BCUT2D eigenvalue weighted by atomic mass is 10.2. The smallest absolute Gasteiger partial charge is 0.384 e. The van der Waals surface area contributed by atoms with Crippen molar-refractivity contribution in [3.63, 3.8) is 0 Å². The van der Waals surface area contributed by atoms with Gasteiger partial charge >= 0.3 is 6.18 Å². The third-order valence-corrected chi connectivity index (χ3v) is 1.45. The van der Waals surface area contributed by atoms with E-state index in [2.05, 4.69) is 11.6 Å². The van der Waals surface area contributed by atoms with Crippen molar-refractivity contribution in [3.8, 4) is 0 Å². The minimum Gasteiger partial charge on any atom is -0.384 e. The lowest BCUT2D eigenvalue weighted by molar-refractivity contribution is -0.137. The third-order valence-electron chi connectivity index (χ3n) is 1.45. The molecule has 0 radical (unpaired) electrons. The largest absolute Gasteiger partial charge is 0.418 e. The number of hydrogen-bond donors (Lipinski definition) is 1. The van der Waals surface area contributed by atoms with Gasteiger partial charge in [-0.1, -0.05) is 6.58 Å². The average Bonchev–Trinajstić information content (AvgIpc) is 2.01. The van der Waals surface area contributed by atoms with Crippen LogP contribution in [0, 0.1) is 0 Å². The number of nitrogens with zero attached hydrogens (tertiary/aromatic N) is 1. The van der Waals surface area contributed by atoms with Crippen LogP contribution in [0.3, 0.4) is 0 Å². The molecule has 5 heteroatoms. The molecule has 0 fully saturated rings. The highest BCUT2D eigenvalue weighted by molar-refractivity contribution is 5.51. The summed E-state index contributed by atoms with van der Waals surface area (Å²) in [5, 5.41) is 0. The fourth-order valence-corrected chi connectivity index (χ4v) is 0.886. The van der Waals surface area contributed by atoms with Crippen LogP contribution < -0.4 is 5.73 Å². The van der Waals surface area contributed by atoms with Crippen LogP contribution in [0.5, 0.6) is 0 Å². The molecule has 0 bridgehead atoms. The van der Waals surface area contributed by atoms with Crippen molar-refractivity contribution < 1.29 is 13.2 Å². The first-order valence-electron chi connectivity index (χ1n) is 3.41. The minimum atomic E-state index is -4.41. The molecule has 1 aromatic heterocycles. The van der Waals surface area contributed by atoms with Gasteiger partial charge in [0.05, 0.1) is 11.3 Å². The highest BCUT2D eigenvalue weighted by Crippen LogP contribution is 2.31. The third kappa shape index (κ3) is 1.99. The standard InChI is InChI=1S/C8H7F3N2/c1-2-6-5(8(9,10)11)3-4-7(12)13-6/h2-4H,1H2,(H2,12,13). The lowest BCUT2D eigenvalue weighted by Crippen LogP contribution is -2.09. The van der Waals surface area contributed by atoms with Gasteiger partial charge in [-0.3, -0.25) is 0 Å². The second kappa shape index (κ2) is 3.08. The Bertz CT molecular complexity index is 331. The number of anilines is 1. The molecule has 0 aliphatic rings. The highest BCUT2D eigenvalue weighted by Gasteiger charge is 2.33. The summed E-state index contributed by atoms with van der Waals surface area (Å²) in [5.41, 5.74) is 4.15.